The molecule has 3 aromatic rings. The van der Waals surface area contributed by atoms with Gasteiger partial charge in [0.2, 0.25) is 11.8 Å². The Morgan fingerprint density at radius 2 is 1.76 bits per heavy atom. The van der Waals surface area contributed by atoms with Crippen LogP contribution in [-0.2, 0) is 33.4 Å². The lowest BCUT2D eigenvalue weighted by Gasteiger charge is -2.51. The third-order valence-electron chi connectivity index (χ3n) is 9.77. The number of fused-ring (bicyclic) bond motifs is 3. The predicted octanol–water partition coefficient (Wildman–Crippen LogP) is 5.02. The van der Waals surface area contributed by atoms with Gasteiger partial charge in [0.05, 0.1) is 16.5 Å². The van der Waals surface area contributed by atoms with Crippen LogP contribution in [0.15, 0.2) is 60.8 Å². The highest BCUT2D eigenvalue weighted by Gasteiger charge is 2.53. The number of hydrogen-bond acceptors (Lipinski definition) is 4. The fraction of sp³-hybridized carbons (Fsp3) is 0.364. The zero-order valence-corrected chi connectivity index (χ0v) is 23.0. The molecule has 4 aliphatic rings. The molecule has 2 amide bonds. The molecule has 0 radical (unpaired) electrons. The van der Waals surface area contributed by atoms with Crippen molar-refractivity contribution >= 4 is 23.7 Å². The highest BCUT2D eigenvalue weighted by atomic mass is 19.1. The number of nitrogens with zero attached hydrogens (tertiary/aromatic N) is 2. The average Bonchev–Trinajstić information content (AvgIpc) is 3.65. The molecule has 0 unspecified atom stereocenters. The third kappa shape index (κ3) is 4.02. The molecular formula is C33H32F2N4O2. The van der Waals surface area contributed by atoms with Crippen molar-refractivity contribution in [3.05, 3.63) is 100 Å². The summed E-state index contributed by atoms with van der Waals surface area (Å²) in [5, 5.41) is 6.43. The molecule has 2 N–H and O–H groups in total. The van der Waals surface area contributed by atoms with Crippen LogP contribution in [0, 0.1) is 11.6 Å². The highest BCUT2D eigenvalue weighted by molar-refractivity contribution is 6.06. The van der Waals surface area contributed by atoms with Crippen LogP contribution in [0.1, 0.15) is 60.4 Å². The number of rotatable bonds is 4. The molecule has 2 fully saturated rings. The number of carbonyl (C=O) groups is 2. The van der Waals surface area contributed by atoms with Crippen LogP contribution >= 0.6 is 0 Å². The van der Waals surface area contributed by atoms with Gasteiger partial charge < -0.3 is 15.5 Å². The summed E-state index contributed by atoms with van der Waals surface area (Å²) in [4.78, 5) is 33.2. The van der Waals surface area contributed by atoms with Crippen LogP contribution in [0.2, 0.25) is 0 Å². The number of benzene rings is 2. The first kappa shape index (κ1) is 26.0. The minimum Gasteiger partial charge on any atom is -0.327 e. The number of piperazine rings is 1. The first-order chi connectivity index (χ1) is 19.7. The van der Waals surface area contributed by atoms with Crippen LogP contribution in [0.4, 0.5) is 14.6 Å². The molecule has 8 heteroatoms. The lowest BCUT2D eigenvalue weighted by molar-refractivity contribution is -0.149. The van der Waals surface area contributed by atoms with Crippen LogP contribution in [0.5, 0.6) is 0 Å². The summed E-state index contributed by atoms with van der Waals surface area (Å²) in [5.74, 6) is -0.697. The molecule has 210 valence electrons. The van der Waals surface area contributed by atoms with E-state index in [0.717, 1.165) is 54.0 Å². The summed E-state index contributed by atoms with van der Waals surface area (Å²) in [7, 11) is 0. The van der Waals surface area contributed by atoms with E-state index in [2.05, 4.69) is 27.8 Å². The minimum absolute atomic E-state index is 0.00868. The van der Waals surface area contributed by atoms with Gasteiger partial charge in [0, 0.05) is 30.9 Å². The van der Waals surface area contributed by atoms with E-state index in [-0.39, 0.29) is 11.8 Å². The maximum atomic E-state index is 14.3. The Labute approximate surface area is 237 Å². The number of pyridine rings is 1. The molecule has 2 aliphatic carbocycles. The molecule has 41 heavy (non-hydrogen) atoms. The van der Waals surface area contributed by atoms with Crippen molar-refractivity contribution in [2.24, 2.45) is 0 Å². The van der Waals surface area contributed by atoms with E-state index in [1.807, 2.05) is 37.3 Å². The van der Waals surface area contributed by atoms with Crippen molar-refractivity contribution in [1.29, 1.82) is 0 Å². The molecule has 3 heterocycles. The first-order valence-corrected chi connectivity index (χ1v) is 14.3. The summed E-state index contributed by atoms with van der Waals surface area (Å²) in [6.45, 7) is 2.59. The summed E-state index contributed by atoms with van der Waals surface area (Å²) in [6, 6.07) is 13.6. The minimum atomic E-state index is -0.917. The maximum absolute atomic E-state index is 14.3. The molecule has 6 nitrogen and oxygen atoms in total. The third-order valence-corrected chi connectivity index (χ3v) is 9.77. The second-order valence-corrected chi connectivity index (χ2v) is 12.2. The van der Waals surface area contributed by atoms with Gasteiger partial charge in [-0.2, -0.15) is 0 Å². The van der Waals surface area contributed by atoms with Crippen LogP contribution in [-0.4, -0.2) is 40.3 Å². The second kappa shape index (κ2) is 9.31. The smallest absolute Gasteiger partial charge is 0.243 e. The number of aromatic nitrogens is 1. The van der Waals surface area contributed by atoms with E-state index >= 15 is 0 Å². The molecular weight excluding hydrogens is 522 g/mol. The van der Waals surface area contributed by atoms with Gasteiger partial charge in [0.25, 0.3) is 0 Å². The van der Waals surface area contributed by atoms with Gasteiger partial charge in [-0.3, -0.25) is 9.59 Å². The number of carbonyl (C=O) groups excluding carboxylic acids is 2. The van der Waals surface area contributed by atoms with Crippen molar-refractivity contribution in [1.82, 2.24) is 15.2 Å². The molecule has 2 atom stereocenters. The van der Waals surface area contributed by atoms with Gasteiger partial charge in [-0.25, -0.2) is 13.8 Å². The summed E-state index contributed by atoms with van der Waals surface area (Å²) >= 11 is 0. The SMILES string of the molecule is C[C@@]1(c2cc(F)cc(F)c2)CNC2(CCCC2)C(=O)N1CC=Cc1ccc2c(c1)C[C@@]1(C2)C(=O)Nc2ncccc21. The molecule has 2 aromatic carbocycles. The molecule has 2 aliphatic heterocycles. The monoisotopic (exact) mass is 554 g/mol. The van der Waals surface area contributed by atoms with E-state index < -0.39 is 28.1 Å². The lowest BCUT2D eigenvalue weighted by atomic mass is 9.79. The Bertz CT molecular complexity index is 1590. The quantitative estimate of drug-likeness (QED) is 0.475. The molecule has 0 bridgehead atoms. The van der Waals surface area contributed by atoms with E-state index in [1.165, 1.54) is 12.1 Å². The Morgan fingerprint density at radius 1 is 1.00 bits per heavy atom. The summed E-state index contributed by atoms with van der Waals surface area (Å²) in [6.07, 6.45) is 10.3. The Kier molecular flexibility index (Phi) is 5.91. The van der Waals surface area contributed by atoms with Crippen molar-refractivity contribution in [2.45, 2.75) is 61.9 Å². The van der Waals surface area contributed by atoms with Crippen molar-refractivity contribution in [3.8, 4) is 0 Å². The van der Waals surface area contributed by atoms with Gasteiger partial charge in [0.15, 0.2) is 0 Å². The van der Waals surface area contributed by atoms with E-state index in [4.69, 9.17) is 0 Å². The maximum Gasteiger partial charge on any atom is 0.243 e. The Hall–Kier alpha value is -3.91. The predicted molar refractivity (Wildman–Crippen MR) is 152 cm³/mol. The number of anilines is 1. The van der Waals surface area contributed by atoms with Crippen molar-refractivity contribution < 1.29 is 18.4 Å². The number of hydrogen-bond donors (Lipinski definition) is 2. The first-order valence-electron chi connectivity index (χ1n) is 14.3. The van der Waals surface area contributed by atoms with Gasteiger partial charge in [-0.05, 0) is 73.1 Å². The van der Waals surface area contributed by atoms with Crippen LogP contribution in [0.25, 0.3) is 6.08 Å². The number of halogens is 2. The van der Waals surface area contributed by atoms with E-state index in [9.17, 15) is 18.4 Å². The van der Waals surface area contributed by atoms with Crippen molar-refractivity contribution in [2.75, 3.05) is 18.4 Å². The van der Waals surface area contributed by atoms with Crippen molar-refractivity contribution in [3.63, 3.8) is 0 Å². The molecule has 1 aromatic heterocycles. The van der Waals surface area contributed by atoms with Gasteiger partial charge in [-0.1, -0.05) is 49.3 Å². The zero-order chi connectivity index (χ0) is 28.4. The van der Waals surface area contributed by atoms with E-state index in [0.29, 0.717) is 37.3 Å². The fourth-order valence-corrected chi connectivity index (χ4v) is 7.46. The lowest BCUT2D eigenvalue weighted by Crippen LogP contribution is -2.70. The number of nitrogens with one attached hydrogen (secondary N) is 2. The second-order valence-electron chi connectivity index (χ2n) is 12.2. The largest absolute Gasteiger partial charge is 0.327 e. The van der Waals surface area contributed by atoms with Gasteiger partial charge >= 0.3 is 0 Å². The normalized spacial score (nSPS) is 26.3. The van der Waals surface area contributed by atoms with E-state index in [1.54, 1.807) is 11.1 Å². The Balaban J connectivity index is 1.16. The molecule has 1 saturated carbocycles. The standard InChI is InChI=1S/C33H32F2N4O2/c1-31(24-15-25(34)17-26(35)16-24)20-37-33(10-2-3-11-33)30(41)39(31)13-5-6-21-8-9-22-18-32(19-23(22)14-21)27-7-4-12-36-28(27)38-29(32)40/h4-9,12,14-17,37H,2-3,10-11,13,18-20H2,1H3,(H,36,38,40)/t31-,32+/m0/s1. The average molecular weight is 555 g/mol. The fourth-order valence-electron chi connectivity index (χ4n) is 7.46. The highest BCUT2D eigenvalue weighted by Crippen LogP contribution is 2.47. The molecule has 2 spiro atoms. The van der Waals surface area contributed by atoms with Gasteiger partial charge in [0.1, 0.15) is 17.5 Å². The van der Waals surface area contributed by atoms with Gasteiger partial charge in [-0.15, -0.1) is 0 Å². The topological polar surface area (TPSA) is 74.3 Å². The molecule has 7 rings (SSSR count). The number of amides is 2. The van der Waals surface area contributed by atoms with Crippen LogP contribution in [0.3, 0.4) is 0 Å². The Morgan fingerprint density at radius 3 is 2.54 bits per heavy atom. The summed E-state index contributed by atoms with van der Waals surface area (Å²) < 4.78 is 28.5. The molecule has 1 saturated heterocycles. The summed E-state index contributed by atoms with van der Waals surface area (Å²) in [5.41, 5.74) is 2.47. The zero-order valence-electron chi connectivity index (χ0n) is 23.0. The van der Waals surface area contributed by atoms with Crippen LogP contribution < -0.4 is 10.6 Å².